The Labute approximate surface area is 154 Å². The number of carbonyl (C=O) groups excluding carboxylic acids is 1. The summed E-state index contributed by atoms with van der Waals surface area (Å²) in [4.78, 5) is 15.8. The van der Waals surface area contributed by atoms with Gasteiger partial charge in [0.2, 0.25) is 5.91 Å². The molecule has 3 N–H and O–H groups in total. The molecule has 0 spiro atoms. The van der Waals surface area contributed by atoms with Crippen LogP contribution in [0.4, 0.5) is 0 Å². The fraction of sp³-hybridized carbons (Fsp3) is 0.421. The summed E-state index contributed by atoms with van der Waals surface area (Å²) < 4.78 is 1.84. The van der Waals surface area contributed by atoms with E-state index in [0.717, 1.165) is 18.7 Å². The average molecular weight is 356 g/mol. The van der Waals surface area contributed by atoms with E-state index in [2.05, 4.69) is 50.3 Å². The van der Waals surface area contributed by atoms with Gasteiger partial charge in [-0.1, -0.05) is 12.1 Å². The molecule has 0 radical (unpaired) electrons. The van der Waals surface area contributed by atoms with Crippen molar-refractivity contribution < 1.29 is 4.79 Å². The highest BCUT2D eigenvalue weighted by molar-refractivity contribution is 5.81. The molecular weight excluding hydrogens is 328 g/mol. The van der Waals surface area contributed by atoms with Crippen LogP contribution < -0.4 is 16.0 Å². The Morgan fingerprint density at radius 3 is 2.54 bits per heavy atom. The van der Waals surface area contributed by atoms with Crippen LogP contribution in [-0.4, -0.2) is 47.8 Å². The molecule has 0 saturated carbocycles. The SMILES string of the molecule is CN=C(NCCC(=O)NC(C)C)NCCc1ccc(-n2cccn2)cc1. The van der Waals surface area contributed by atoms with Gasteiger partial charge in [0, 0.05) is 45.0 Å². The van der Waals surface area contributed by atoms with E-state index in [9.17, 15) is 4.79 Å². The Bertz CT molecular complexity index is 691. The van der Waals surface area contributed by atoms with E-state index < -0.39 is 0 Å². The van der Waals surface area contributed by atoms with Crippen LogP contribution in [0.3, 0.4) is 0 Å². The van der Waals surface area contributed by atoms with Crippen LogP contribution in [0.2, 0.25) is 0 Å². The maximum Gasteiger partial charge on any atom is 0.221 e. The lowest BCUT2D eigenvalue weighted by Crippen LogP contribution is -2.40. The van der Waals surface area contributed by atoms with Crippen LogP contribution in [0.15, 0.2) is 47.7 Å². The molecule has 1 aromatic carbocycles. The lowest BCUT2D eigenvalue weighted by atomic mass is 10.1. The average Bonchev–Trinajstić information content (AvgIpc) is 3.15. The summed E-state index contributed by atoms with van der Waals surface area (Å²) in [6, 6.07) is 10.4. The normalized spacial score (nSPS) is 11.5. The Morgan fingerprint density at radius 2 is 1.92 bits per heavy atom. The zero-order valence-corrected chi connectivity index (χ0v) is 15.7. The fourth-order valence-corrected chi connectivity index (χ4v) is 2.47. The van der Waals surface area contributed by atoms with Crippen molar-refractivity contribution in [3.63, 3.8) is 0 Å². The molecule has 2 rings (SSSR count). The van der Waals surface area contributed by atoms with Gasteiger partial charge in [-0.3, -0.25) is 9.79 Å². The Hall–Kier alpha value is -2.83. The molecule has 0 bridgehead atoms. The van der Waals surface area contributed by atoms with E-state index in [0.29, 0.717) is 18.9 Å². The van der Waals surface area contributed by atoms with Gasteiger partial charge in [-0.25, -0.2) is 4.68 Å². The van der Waals surface area contributed by atoms with Gasteiger partial charge in [0.05, 0.1) is 5.69 Å². The number of nitrogens with one attached hydrogen (secondary N) is 3. The molecule has 0 aliphatic rings. The van der Waals surface area contributed by atoms with Crippen molar-refractivity contribution in [2.45, 2.75) is 32.7 Å². The van der Waals surface area contributed by atoms with Crippen LogP contribution in [0.5, 0.6) is 0 Å². The van der Waals surface area contributed by atoms with Gasteiger partial charge in [-0.05, 0) is 44.0 Å². The molecule has 7 nitrogen and oxygen atoms in total. The first-order valence-corrected chi connectivity index (χ1v) is 8.91. The van der Waals surface area contributed by atoms with Crippen LogP contribution in [0, 0.1) is 0 Å². The van der Waals surface area contributed by atoms with Crippen LogP contribution in [-0.2, 0) is 11.2 Å². The predicted octanol–water partition coefficient (Wildman–Crippen LogP) is 1.49. The highest BCUT2D eigenvalue weighted by Crippen LogP contribution is 2.08. The maximum atomic E-state index is 11.6. The summed E-state index contributed by atoms with van der Waals surface area (Å²) >= 11 is 0. The second-order valence-corrected chi connectivity index (χ2v) is 6.27. The molecule has 0 aliphatic heterocycles. The maximum absolute atomic E-state index is 11.6. The first-order valence-electron chi connectivity index (χ1n) is 8.91. The molecule has 7 heteroatoms. The number of hydrogen-bond donors (Lipinski definition) is 3. The monoisotopic (exact) mass is 356 g/mol. The summed E-state index contributed by atoms with van der Waals surface area (Å²) in [7, 11) is 1.72. The van der Waals surface area contributed by atoms with E-state index in [4.69, 9.17) is 0 Å². The Kier molecular flexibility index (Phi) is 7.67. The Balaban J connectivity index is 1.69. The molecule has 1 heterocycles. The number of aromatic nitrogens is 2. The van der Waals surface area contributed by atoms with Gasteiger partial charge in [0.25, 0.3) is 0 Å². The van der Waals surface area contributed by atoms with E-state index in [-0.39, 0.29) is 11.9 Å². The zero-order valence-electron chi connectivity index (χ0n) is 15.7. The molecule has 26 heavy (non-hydrogen) atoms. The summed E-state index contributed by atoms with van der Waals surface area (Å²) in [5.74, 6) is 0.746. The number of amides is 1. The number of hydrogen-bond acceptors (Lipinski definition) is 3. The predicted molar refractivity (Wildman–Crippen MR) is 105 cm³/mol. The van der Waals surface area contributed by atoms with E-state index >= 15 is 0 Å². The summed E-state index contributed by atoms with van der Waals surface area (Å²) in [5.41, 5.74) is 2.28. The lowest BCUT2D eigenvalue weighted by molar-refractivity contribution is -0.121. The third kappa shape index (κ3) is 6.58. The minimum Gasteiger partial charge on any atom is -0.356 e. The molecule has 0 saturated heterocycles. The standard InChI is InChI=1S/C19H28N6O/c1-15(2)24-18(26)10-13-22-19(20-3)21-12-9-16-5-7-17(8-6-16)25-14-4-11-23-25/h4-8,11,14-15H,9-10,12-13H2,1-3H3,(H,24,26)(H2,20,21,22). The molecule has 2 aromatic rings. The smallest absolute Gasteiger partial charge is 0.221 e. The van der Waals surface area contributed by atoms with Crippen molar-refractivity contribution >= 4 is 11.9 Å². The first-order chi connectivity index (χ1) is 12.6. The van der Waals surface area contributed by atoms with Crippen molar-refractivity contribution in [1.82, 2.24) is 25.7 Å². The number of nitrogens with zero attached hydrogens (tertiary/aromatic N) is 3. The molecule has 1 aromatic heterocycles. The summed E-state index contributed by atoms with van der Waals surface area (Å²) in [5, 5.41) is 13.5. The molecular formula is C19H28N6O. The summed E-state index contributed by atoms with van der Waals surface area (Å²) in [6.07, 6.45) is 5.00. The van der Waals surface area contributed by atoms with Gasteiger partial charge in [-0.15, -0.1) is 0 Å². The number of guanidine groups is 1. The molecule has 0 atom stereocenters. The summed E-state index contributed by atoms with van der Waals surface area (Å²) in [6.45, 7) is 5.22. The Morgan fingerprint density at radius 1 is 1.19 bits per heavy atom. The number of rotatable bonds is 8. The van der Waals surface area contributed by atoms with Gasteiger partial charge >= 0.3 is 0 Å². The van der Waals surface area contributed by atoms with Crippen LogP contribution in [0.1, 0.15) is 25.8 Å². The van der Waals surface area contributed by atoms with Gasteiger partial charge in [0.1, 0.15) is 0 Å². The molecule has 140 valence electrons. The molecule has 0 unspecified atom stereocenters. The second-order valence-electron chi connectivity index (χ2n) is 6.27. The third-order valence-corrected chi connectivity index (χ3v) is 3.73. The fourth-order valence-electron chi connectivity index (χ4n) is 2.47. The highest BCUT2D eigenvalue weighted by Gasteiger charge is 2.04. The van der Waals surface area contributed by atoms with Crippen molar-refractivity contribution in [2.75, 3.05) is 20.1 Å². The van der Waals surface area contributed by atoms with Crippen molar-refractivity contribution in [3.05, 3.63) is 48.3 Å². The van der Waals surface area contributed by atoms with Crippen molar-refractivity contribution in [2.24, 2.45) is 4.99 Å². The van der Waals surface area contributed by atoms with Crippen LogP contribution in [0.25, 0.3) is 5.69 Å². The van der Waals surface area contributed by atoms with Crippen molar-refractivity contribution in [1.29, 1.82) is 0 Å². The van der Waals surface area contributed by atoms with Crippen molar-refractivity contribution in [3.8, 4) is 5.69 Å². The van der Waals surface area contributed by atoms with E-state index in [1.807, 2.05) is 30.8 Å². The topological polar surface area (TPSA) is 83.3 Å². The number of aliphatic imine (C=N–C) groups is 1. The zero-order chi connectivity index (χ0) is 18.8. The van der Waals surface area contributed by atoms with Crippen LogP contribution >= 0.6 is 0 Å². The minimum atomic E-state index is 0.0419. The minimum absolute atomic E-state index is 0.0419. The molecule has 1 amide bonds. The highest BCUT2D eigenvalue weighted by atomic mass is 16.1. The van der Waals surface area contributed by atoms with Gasteiger partial charge < -0.3 is 16.0 Å². The molecule has 0 fully saturated rings. The number of benzene rings is 1. The third-order valence-electron chi connectivity index (χ3n) is 3.73. The van der Waals surface area contributed by atoms with E-state index in [1.165, 1.54) is 5.56 Å². The quantitative estimate of drug-likeness (QED) is 0.494. The second kappa shape index (κ2) is 10.2. The first kappa shape index (κ1) is 19.5. The van der Waals surface area contributed by atoms with Gasteiger partial charge in [-0.2, -0.15) is 5.10 Å². The molecule has 0 aliphatic carbocycles. The largest absolute Gasteiger partial charge is 0.356 e. The lowest BCUT2D eigenvalue weighted by Gasteiger charge is -2.13. The van der Waals surface area contributed by atoms with E-state index in [1.54, 1.807) is 13.2 Å². The van der Waals surface area contributed by atoms with Gasteiger partial charge in [0.15, 0.2) is 5.96 Å². The number of carbonyl (C=O) groups is 1.